The molecule has 0 aromatic rings. The van der Waals surface area contributed by atoms with Crippen molar-refractivity contribution in [2.75, 3.05) is 6.54 Å². The molecule has 5 heteroatoms. The minimum atomic E-state index is -0.926. The minimum Gasteiger partial charge on any atom is -0.481 e. The van der Waals surface area contributed by atoms with Crippen molar-refractivity contribution < 1.29 is 19.5 Å². The number of carbonyl (C=O) groups is 3. The third-order valence-electron chi connectivity index (χ3n) is 2.67. The third kappa shape index (κ3) is 1.21. The standard InChI is InChI=1S/C9H9NO4/c11-6-1-2-7(12)10(6)5-9(3-4-9)8(13)14/h1-2H,3-5H2,(H,13,14). The lowest BCUT2D eigenvalue weighted by Crippen LogP contribution is -2.38. The fraction of sp³-hybridized carbons (Fsp3) is 0.444. The number of amides is 2. The molecule has 0 radical (unpaired) electrons. The Labute approximate surface area is 80.0 Å². The summed E-state index contributed by atoms with van der Waals surface area (Å²) in [5, 5.41) is 8.87. The van der Waals surface area contributed by atoms with Crippen LogP contribution in [0, 0.1) is 5.41 Å². The van der Waals surface area contributed by atoms with Crippen LogP contribution in [-0.4, -0.2) is 34.3 Å². The molecule has 1 fully saturated rings. The summed E-state index contributed by atoms with van der Waals surface area (Å²) in [6.07, 6.45) is 3.42. The van der Waals surface area contributed by atoms with Crippen LogP contribution in [0.5, 0.6) is 0 Å². The Morgan fingerprint density at radius 2 is 1.86 bits per heavy atom. The molecule has 0 saturated heterocycles. The van der Waals surface area contributed by atoms with Crippen LogP contribution in [0.4, 0.5) is 0 Å². The predicted molar refractivity (Wildman–Crippen MR) is 45.2 cm³/mol. The summed E-state index contributed by atoms with van der Waals surface area (Å²) in [4.78, 5) is 34.1. The molecule has 0 aromatic heterocycles. The van der Waals surface area contributed by atoms with Gasteiger partial charge in [-0.25, -0.2) is 0 Å². The van der Waals surface area contributed by atoms with Crippen molar-refractivity contribution in [2.45, 2.75) is 12.8 Å². The molecule has 1 heterocycles. The number of carbonyl (C=O) groups excluding carboxylic acids is 2. The summed E-state index contributed by atoms with van der Waals surface area (Å²) in [6.45, 7) is 0.00694. The molecule has 1 aliphatic heterocycles. The van der Waals surface area contributed by atoms with E-state index in [9.17, 15) is 14.4 Å². The molecule has 2 amide bonds. The van der Waals surface area contributed by atoms with Crippen LogP contribution < -0.4 is 0 Å². The highest BCUT2D eigenvalue weighted by Crippen LogP contribution is 2.46. The van der Waals surface area contributed by atoms with Crippen LogP contribution in [0.25, 0.3) is 0 Å². The first-order valence-corrected chi connectivity index (χ1v) is 4.32. The van der Waals surface area contributed by atoms with Crippen molar-refractivity contribution in [3.8, 4) is 0 Å². The van der Waals surface area contributed by atoms with E-state index in [2.05, 4.69) is 0 Å². The number of imide groups is 1. The van der Waals surface area contributed by atoms with Crippen molar-refractivity contribution in [3.63, 3.8) is 0 Å². The Bertz CT molecular complexity index is 336. The lowest BCUT2D eigenvalue weighted by Gasteiger charge is -2.18. The minimum absolute atomic E-state index is 0.00694. The molecule has 2 aliphatic rings. The second-order valence-electron chi connectivity index (χ2n) is 3.68. The number of aliphatic carboxylic acids is 1. The maximum atomic E-state index is 11.1. The summed E-state index contributed by atoms with van der Waals surface area (Å²) in [6, 6.07) is 0. The molecule has 0 bridgehead atoms. The highest BCUT2D eigenvalue weighted by molar-refractivity contribution is 6.13. The van der Waals surface area contributed by atoms with Crippen LogP contribution in [0.3, 0.4) is 0 Å². The van der Waals surface area contributed by atoms with Crippen molar-refractivity contribution in [3.05, 3.63) is 12.2 Å². The molecule has 0 atom stereocenters. The molecule has 0 unspecified atom stereocenters. The highest BCUT2D eigenvalue weighted by Gasteiger charge is 2.52. The maximum Gasteiger partial charge on any atom is 0.311 e. The molecule has 1 N–H and O–H groups in total. The van der Waals surface area contributed by atoms with E-state index >= 15 is 0 Å². The summed E-state index contributed by atoms with van der Waals surface area (Å²) in [7, 11) is 0. The second-order valence-corrected chi connectivity index (χ2v) is 3.68. The van der Waals surface area contributed by atoms with Gasteiger partial charge in [-0.3, -0.25) is 19.3 Å². The van der Waals surface area contributed by atoms with E-state index in [4.69, 9.17) is 5.11 Å². The number of carboxylic acids is 1. The molecule has 14 heavy (non-hydrogen) atoms. The molecule has 74 valence electrons. The predicted octanol–water partition coefficient (Wildman–Crippen LogP) is -0.224. The monoisotopic (exact) mass is 195 g/mol. The van der Waals surface area contributed by atoms with Crippen molar-refractivity contribution in [1.29, 1.82) is 0 Å². The molecule has 2 rings (SSSR count). The maximum absolute atomic E-state index is 11.1. The van der Waals surface area contributed by atoms with Gasteiger partial charge in [0.1, 0.15) is 0 Å². The van der Waals surface area contributed by atoms with E-state index in [1.54, 1.807) is 0 Å². The molecular weight excluding hydrogens is 186 g/mol. The second kappa shape index (κ2) is 2.67. The Hall–Kier alpha value is -1.65. The Morgan fingerprint density at radius 3 is 2.21 bits per heavy atom. The summed E-state index contributed by atoms with van der Waals surface area (Å²) in [5.74, 6) is -1.75. The summed E-state index contributed by atoms with van der Waals surface area (Å²) < 4.78 is 0. The van der Waals surface area contributed by atoms with Gasteiger partial charge in [0.25, 0.3) is 11.8 Å². The molecule has 0 aromatic carbocycles. The van der Waals surface area contributed by atoms with Gasteiger partial charge in [-0.1, -0.05) is 0 Å². The van der Waals surface area contributed by atoms with Crippen molar-refractivity contribution in [2.24, 2.45) is 5.41 Å². The van der Waals surface area contributed by atoms with Gasteiger partial charge in [0, 0.05) is 18.7 Å². The molecule has 1 saturated carbocycles. The van der Waals surface area contributed by atoms with Gasteiger partial charge in [0.2, 0.25) is 0 Å². The molecule has 0 spiro atoms. The lowest BCUT2D eigenvalue weighted by atomic mass is 10.1. The van der Waals surface area contributed by atoms with E-state index in [1.807, 2.05) is 0 Å². The van der Waals surface area contributed by atoms with Gasteiger partial charge in [0.05, 0.1) is 5.41 Å². The molecule has 5 nitrogen and oxygen atoms in total. The fourth-order valence-corrected chi connectivity index (χ4v) is 1.48. The first-order valence-electron chi connectivity index (χ1n) is 4.32. The number of carboxylic acid groups (broad SMARTS) is 1. The SMILES string of the molecule is O=C1C=CC(=O)N1CC1(C(=O)O)CC1. The first-order chi connectivity index (χ1) is 6.55. The van der Waals surface area contributed by atoms with Gasteiger partial charge in [-0.2, -0.15) is 0 Å². The lowest BCUT2D eigenvalue weighted by molar-refractivity contribution is -0.146. The van der Waals surface area contributed by atoms with E-state index in [0.29, 0.717) is 12.8 Å². The first kappa shape index (κ1) is 8.93. The third-order valence-corrected chi connectivity index (χ3v) is 2.67. The van der Waals surface area contributed by atoms with E-state index in [0.717, 1.165) is 4.90 Å². The summed E-state index contributed by atoms with van der Waals surface area (Å²) in [5.41, 5.74) is -0.864. The fourth-order valence-electron chi connectivity index (χ4n) is 1.48. The quantitative estimate of drug-likeness (QED) is 0.631. The zero-order valence-electron chi connectivity index (χ0n) is 7.40. The molecular formula is C9H9NO4. The summed E-state index contributed by atoms with van der Waals surface area (Å²) >= 11 is 0. The van der Waals surface area contributed by atoms with E-state index in [1.165, 1.54) is 12.2 Å². The average Bonchev–Trinajstić information content (AvgIpc) is 2.84. The Balaban J connectivity index is 2.09. The van der Waals surface area contributed by atoms with Gasteiger partial charge < -0.3 is 5.11 Å². The highest BCUT2D eigenvalue weighted by atomic mass is 16.4. The van der Waals surface area contributed by atoms with Gasteiger partial charge in [-0.05, 0) is 12.8 Å². The average molecular weight is 195 g/mol. The van der Waals surface area contributed by atoms with Crippen LogP contribution in [-0.2, 0) is 14.4 Å². The normalized spacial score (nSPS) is 23.0. The van der Waals surface area contributed by atoms with Crippen LogP contribution in [0.2, 0.25) is 0 Å². The van der Waals surface area contributed by atoms with Gasteiger partial charge in [-0.15, -0.1) is 0 Å². The Kier molecular flexibility index (Phi) is 1.70. The van der Waals surface area contributed by atoms with Gasteiger partial charge in [0.15, 0.2) is 0 Å². The van der Waals surface area contributed by atoms with Crippen LogP contribution in [0.15, 0.2) is 12.2 Å². The largest absolute Gasteiger partial charge is 0.481 e. The van der Waals surface area contributed by atoms with Gasteiger partial charge >= 0.3 is 5.97 Å². The number of hydrogen-bond acceptors (Lipinski definition) is 3. The zero-order chi connectivity index (χ0) is 10.3. The molecule has 1 aliphatic carbocycles. The van der Waals surface area contributed by atoms with Crippen LogP contribution in [0.1, 0.15) is 12.8 Å². The van der Waals surface area contributed by atoms with Crippen LogP contribution >= 0.6 is 0 Å². The van der Waals surface area contributed by atoms with Crippen molar-refractivity contribution >= 4 is 17.8 Å². The van der Waals surface area contributed by atoms with E-state index < -0.39 is 23.2 Å². The number of hydrogen-bond donors (Lipinski definition) is 1. The smallest absolute Gasteiger partial charge is 0.311 e. The van der Waals surface area contributed by atoms with E-state index in [-0.39, 0.29) is 6.54 Å². The zero-order valence-corrected chi connectivity index (χ0v) is 7.40. The topological polar surface area (TPSA) is 74.7 Å². The number of rotatable bonds is 3. The Morgan fingerprint density at radius 1 is 1.36 bits per heavy atom. The van der Waals surface area contributed by atoms with Crippen molar-refractivity contribution in [1.82, 2.24) is 4.90 Å². The number of nitrogens with zero attached hydrogens (tertiary/aromatic N) is 1.